The lowest BCUT2D eigenvalue weighted by Crippen LogP contribution is -2.33. The second kappa shape index (κ2) is 6.42. The Morgan fingerprint density at radius 2 is 1.62 bits per heavy atom. The molecule has 0 fully saturated rings. The van der Waals surface area contributed by atoms with Crippen LogP contribution in [-0.2, 0) is 0 Å². The van der Waals surface area contributed by atoms with E-state index >= 15 is 0 Å². The summed E-state index contributed by atoms with van der Waals surface area (Å²) in [5.41, 5.74) is 6.15. The van der Waals surface area contributed by atoms with Crippen molar-refractivity contribution in [2.45, 2.75) is 59.9 Å². The Kier molecular flexibility index (Phi) is 6.40. The maximum atomic E-state index is 6.15. The highest BCUT2D eigenvalue weighted by Gasteiger charge is 2.19. The van der Waals surface area contributed by atoms with Gasteiger partial charge in [-0.3, -0.25) is 0 Å². The van der Waals surface area contributed by atoms with Crippen LogP contribution in [0.3, 0.4) is 0 Å². The second-order valence-electron chi connectivity index (χ2n) is 4.92. The maximum absolute atomic E-state index is 6.15. The van der Waals surface area contributed by atoms with Gasteiger partial charge in [0.05, 0.1) is 0 Å². The third-order valence-corrected chi connectivity index (χ3v) is 3.06. The molecule has 0 amide bonds. The quantitative estimate of drug-likeness (QED) is 0.674. The summed E-state index contributed by atoms with van der Waals surface area (Å²) in [5, 5.41) is 0. The minimum atomic E-state index is 0.390. The van der Waals surface area contributed by atoms with Gasteiger partial charge in [-0.05, 0) is 24.2 Å². The van der Waals surface area contributed by atoms with Gasteiger partial charge in [0, 0.05) is 6.04 Å². The standard InChI is InChI=1S/C12H27N/c1-6-7-10(4)11(5)12(13)8-9(2)3/h9-12H,6-8,13H2,1-5H3. The van der Waals surface area contributed by atoms with E-state index in [0.29, 0.717) is 12.0 Å². The molecular formula is C12H27N. The van der Waals surface area contributed by atoms with E-state index < -0.39 is 0 Å². The lowest BCUT2D eigenvalue weighted by Gasteiger charge is -2.27. The molecule has 0 aromatic carbocycles. The summed E-state index contributed by atoms with van der Waals surface area (Å²) in [5.74, 6) is 2.17. The van der Waals surface area contributed by atoms with Crippen LogP contribution in [0.4, 0.5) is 0 Å². The molecule has 0 aliphatic carbocycles. The van der Waals surface area contributed by atoms with Gasteiger partial charge in [0.15, 0.2) is 0 Å². The molecule has 3 unspecified atom stereocenters. The Hall–Kier alpha value is -0.0400. The number of rotatable bonds is 6. The highest BCUT2D eigenvalue weighted by molar-refractivity contribution is 4.74. The molecule has 2 N–H and O–H groups in total. The first-order chi connectivity index (χ1) is 5.99. The van der Waals surface area contributed by atoms with Crippen molar-refractivity contribution < 1.29 is 0 Å². The van der Waals surface area contributed by atoms with Crippen molar-refractivity contribution in [3.8, 4) is 0 Å². The zero-order chi connectivity index (χ0) is 10.4. The van der Waals surface area contributed by atoms with Crippen LogP contribution in [0.15, 0.2) is 0 Å². The molecule has 0 radical (unpaired) electrons. The Balaban J connectivity index is 3.85. The molecule has 0 rings (SSSR count). The van der Waals surface area contributed by atoms with E-state index in [4.69, 9.17) is 5.73 Å². The molecule has 0 saturated heterocycles. The van der Waals surface area contributed by atoms with Crippen LogP contribution < -0.4 is 5.73 Å². The van der Waals surface area contributed by atoms with Crippen LogP contribution >= 0.6 is 0 Å². The van der Waals surface area contributed by atoms with Crippen LogP contribution in [-0.4, -0.2) is 6.04 Å². The van der Waals surface area contributed by atoms with Crippen molar-refractivity contribution >= 4 is 0 Å². The van der Waals surface area contributed by atoms with E-state index in [9.17, 15) is 0 Å². The van der Waals surface area contributed by atoms with Gasteiger partial charge in [0.1, 0.15) is 0 Å². The summed E-state index contributed by atoms with van der Waals surface area (Å²) in [6, 6.07) is 0.390. The SMILES string of the molecule is CCCC(C)C(C)C(N)CC(C)C. The summed E-state index contributed by atoms with van der Waals surface area (Å²) in [6.45, 7) is 11.4. The van der Waals surface area contributed by atoms with Crippen molar-refractivity contribution in [3.63, 3.8) is 0 Å². The lowest BCUT2D eigenvalue weighted by atomic mass is 9.83. The second-order valence-corrected chi connectivity index (χ2v) is 4.92. The van der Waals surface area contributed by atoms with Crippen LogP contribution in [0, 0.1) is 17.8 Å². The molecule has 13 heavy (non-hydrogen) atoms. The third-order valence-electron chi connectivity index (χ3n) is 3.06. The molecule has 1 nitrogen and oxygen atoms in total. The van der Waals surface area contributed by atoms with E-state index in [-0.39, 0.29) is 0 Å². The van der Waals surface area contributed by atoms with Crippen LogP contribution in [0.2, 0.25) is 0 Å². The molecule has 1 heteroatoms. The fourth-order valence-corrected chi connectivity index (χ4v) is 1.90. The number of hydrogen-bond donors (Lipinski definition) is 1. The van der Waals surface area contributed by atoms with Gasteiger partial charge in [0.25, 0.3) is 0 Å². The van der Waals surface area contributed by atoms with E-state index in [1.807, 2.05) is 0 Å². The summed E-state index contributed by atoms with van der Waals surface area (Å²) >= 11 is 0. The van der Waals surface area contributed by atoms with Crippen molar-refractivity contribution in [3.05, 3.63) is 0 Å². The van der Waals surface area contributed by atoms with Gasteiger partial charge in [-0.2, -0.15) is 0 Å². The molecule has 80 valence electrons. The molecule has 0 aliphatic heterocycles. The lowest BCUT2D eigenvalue weighted by molar-refractivity contribution is 0.279. The van der Waals surface area contributed by atoms with Crippen molar-refractivity contribution in [1.82, 2.24) is 0 Å². The van der Waals surface area contributed by atoms with Crippen LogP contribution in [0.1, 0.15) is 53.9 Å². The molecular weight excluding hydrogens is 158 g/mol. The number of hydrogen-bond acceptors (Lipinski definition) is 1. The summed E-state index contributed by atoms with van der Waals surface area (Å²) in [6.07, 6.45) is 3.75. The molecule has 0 aromatic heterocycles. The largest absolute Gasteiger partial charge is 0.327 e. The Morgan fingerprint density at radius 3 is 2.00 bits per heavy atom. The van der Waals surface area contributed by atoms with Gasteiger partial charge in [0.2, 0.25) is 0 Å². The fraction of sp³-hybridized carbons (Fsp3) is 1.00. The maximum Gasteiger partial charge on any atom is 0.00695 e. The highest BCUT2D eigenvalue weighted by Crippen LogP contribution is 2.22. The first kappa shape index (κ1) is 13.0. The van der Waals surface area contributed by atoms with Crippen molar-refractivity contribution in [1.29, 1.82) is 0 Å². The van der Waals surface area contributed by atoms with Gasteiger partial charge in [-0.25, -0.2) is 0 Å². The first-order valence-electron chi connectivity index (χ1n) is 5.74. The molecule has 0 spiro atoms. The Morgan fingerprint density at radius 1 is 1.08 bits per heavy atom. The zero-order valence-corrected chi connectivity index (χ0v) is 10.0. The molecule has 0 saturated carbocycles. The van der Waals surface area contributed by atoms with Crippen molar-refractivity contribution in [2.24, 2.45) is 23.5 Å². The third kappa shape index (κ3) is 5.30. The molecule has 0 bridgehead atoms. The average molecular weight is 185 g/mol. The Labute approximate surface area is 84.1 Å². The van der Waals surface area contributed by atoms with E-state index in [1.165, 1.54) is 12.8 Å². The predicted octanol–water partition coefficient (Wildman–Crippen LogP) is 3.43. The van der Waals surface area contributed by atoms with Gasteiger partial charge in [-0.15, -0.1) is 0 Å². The monoisotopic (exact) mass is 185 g/mol. The fourth-order valence-electron chi connectivity index (χ4n) is 1.90. The van der Waals surface area contributed by atoms with Gasteiger partial charge < -0.3 is 5.73 Å². The van der Waals surface area contributed by atoms with E-state index in [1.54, 1.807) is 0 Å². The van der Waals surface area contributed by atoms with Crippen LogP contribution in [0.25, 0.3) is 0 Å². The minimum Gasteiger partial charge on any atom is -0.327 e. The topological polar surface area (TPSA) is 26.0 Å². The smallest absolute Gasteiger partial charge is 0.00695 e. The molecule has 0 heterocycles. The summed E-state index contributed by atoms with van der Waals surface area (Å²) < 4.78 is 0. The summed E-state index contributed by atoms with van der Waals surface area (Å²) in [4.78, 5) is 0. The van der Waals surface area contributed by atoms with Crippen molar-refractivity contribution in [2.75, 3.05) is 0 Å². The zero-order valence-electron chi connectivity index (χ0n) is 10.0. The number of nitrogens with two attached hydrogens (primary N) is 1. The Bertz CT molecular complexity index is 120. The molecule has 3 atom stereocenters. The van der Waals surface area contributed by atoms with Gasteiger partial charge in [-0.1, -0.05) is 47.5 Å². The normalized spacial score (nSPS) is 18.7. The first-order valence-corrected chi connectivity index (χ1v) is 5.74. The predicted molar refractivity (Wildman–Crippen MR) is 60.7 cm³/mol. The minimum absolute atomic E-state index is 0.390. The van der Waals surface area contributed by atoms with Crippen LogP contribution in [0.5, 0.6) is 0 Å². The molecule has 0 aromatic rings. The average Bonchev–Trinajstić information content (AvgIpc) is 2.02. The van der Waals surface area contributed by atoms with E-state index in [0.717, 1.165) is 18.3 Å². The van der Waals surface area contributed by atoms with Gasteiger partial charge >= 0.3 is 0 Å². The summed E-state index contributed by atoms with van der Waals surface area (Å²) in [7, 11) is 0. The van der Waals surface area contributed by atoms with E-state index in [2.05, 4.69) is 34.6 Å². The molecule has 0 aliphatic rings. The highest BCUT2D eigenvalue weighted by atomic mass is 14.6.